The highest BCUT2D eigenvalue weighted by atomic mass is 16.5. The Labute approximate surface area is 96.0 Å². The smallest absolute Gasteiger partial charge is 0.217 e. The molecule has 0 radical (unpaired) electrons. The van der Waals surface area contributed by atoms with Crippen LogP contribution in [0.25, 0.3) is 0 Å². The van der Waals surface area contributed by atoms with Gasteiger partial charge in [0.15, 0.2) is 0 Å². The summed E-state index contributed by atoms with van der Waals surface area (Å²) in [5.41, 5.74) is 1.09. The van der Waals surface area contributed by atoms with Crippen molar-refractivity contribution in [3.05, 3.63) is 23.9 Å². The molecule has 1 aromatic rings. The van der Waals surface area contributed by atoms with Crippen molar-refractivity contribution in [3.63, 3.8) is 0 Å². The Bertz CT molecular complexity index is 325. The maximum atomic E-state index is 5.70. The molecule has 0 bridgehead atoms. The summed E-state index contributed by atoms with van der Waals surface area (Å²) >= 11 is 0. The number of hydrogen-bond donors (Lipinski definition) is 1. The summed E-state index contributed by atoms with van der Waals surface area (Å²) in [5, 5.41) is 3.10. The number of ether oxygens (including phenoxy) is 2. The second-order valence-corrected chi connectivity index (χ2v) is 3.94. The van der Waals surface area contributed by atoms with Crippen molar-refractivity contribution >= 4 is 0 Å². The molecule has 1 N–H and O–H groups in total. The van der Waals surface area contributed by atoms with Crippen molar-refractivity contribution in [1.29, 1.82) is 0 Å². The fraction of sp³-hybridized carbons (Fsp3) is 0.583. The summed E-state index contributed by atoms with van der Waals surface area (Å²) in [4.78, 5) is 4.24. The number of nitrogens with one attached hydrogen (secondary N) is 1. The molecule has 0 spiro atoms. The van der Waals surface area contributed by atoms with Crippen LogP contribution in [0.5, 0.6) is 5.88 Å². The van der Waals surface area contributed by atoms with Gasteiger partial charge in [-0.15, -0.1) is 0 Å². The van der Waals surface area contributed by atoms with E-state index in [2.05, 4.69) is 10.3 Å². The number of nitrogens with zero attached hydrogens (tertiary/aromatic N) is 1. The van der Waals surface area contributed by atoms with Gasteiger partial charge in [-0.25, -0.2) is 4.98 Å². The van der Waals surface area contributed by atoms with Crippen LogP contribution in [-0.4, -0.2) is 31.3 Å². The molecule has 1 atom stereocenters. The molecule has 4 nitrogen and oxygen atoms in total. The van der Waals surface area contributed by atoms with Gasteiger partial charge in [-0.3, -0.25) is 0 Å². The van der Waals surface area contributed by atoms with Crippen molar-refractivity contribution in [1.82, 2.24) is 10.3 Å². The highest BCUT2D eigenvalue weighted by molar-refractivity contribution is 5.25. The van der Waals surface area contributed by atoms with Crippen LogP contribution < -0.4 is 10.1 Å². The van der Waals surface area contributed by atoms with Crippen LogP contribution >= 0.6 is 0 Å². The molecule has 1 saturated heterocycles. The Kier molecular flexibility index (Phi) is 4.13. The molecule has 1 aliphatic rings. The number of hydrogen-bond acceptors (Lipinski definition) is 4. The molecule has 1 aromatic heterocycles. The summed E-state index contributed by atoms with van der Waals surface area (Å²) in [5.74, 6) is 0.715. The van der Waals surface area contributed by atoms with E-state index >= 15 is 0 Å². The van der Waals surface area contributed by atoms with Crippen LogP contribution in [0.15, 0.2) is 18.3 Å². The minimum absolute atomic E-state index is 0.240. The molecule has 0 aromatic carbocycles. The Balaban J connectivity index is 1.91. The molecule has 1 unspecified atom stereocenters. The van der Waals surface area contributed by atoms with E-state index in [-0.39, 0.29) is 6.10 Å². The quantitative estimate of drug-likeness (QED) is 0.817. The topological polar surface area (TPSA) is 43.4 Å². The first kappa shape index (κ1) is 11.4. The summed E-state index contributed by atoms with van der Waals surface area (Å²) in [6.07, 6.45) is 4.22. The fourth-order valence-corrected chi connectivity index (χ4v) is 1.83. The van der Waals surface area contributed by atoms with Crippen LogP contribution in [0.4, 0.5) is 0 Å². The molecule has 0 amide bonds. The summed E-state index contributed by atoms with van der Waals surface area (Å²) < 4.78 is 11.2. The number of rotatable bonds is 5. The summed E-state index contributed by atoms with van der Waals surface area (Å²) in [6, 6.07) is 3.94. The maximum Gasteiger partial charge on any atom is 0.217 e. The minimum Gasteiger partial charge on any atom is -0.475 e. The van der Waals surface area contributed by atoms with Gasteiger partial charge in [0, 0.05) is 24.9 Å². The van der Waals surface area contributed by atoms with Crippen LogP contribution in [0, 0.1) is 0 Å². The summed E-state index contributed by atoms with van der Waals surface area (Å²) in [6.45, 7) is 2.24. The van der Waals surface area contributed by atoms with Crippen LogP contribution in [-0.2, 0) is 11.3 Å². The lowest BCUT2D eigenvalue weighted by Gasteiger charge is -2.13. The van der Waals surface area contributed by atoms with E-state index in [4.69, 9.17) is 9.47 Å². The SMILES string of the molecule is CNCc1cccnc1OCC1CCCO1. The van der Waals surface area contributed by atoms with Gasteiger partial charge in [-0.1, -0.05) is 6.07 Å². The Morgan fingerprint density at radius 1 is 1.62 bits per heavy atom. The third-order valence-electron chi connectivity index (χ3n) is 2.65. The third kappa shape index (κ3) is 2.93. The molecule has 88 valence electrons. The van der Waals surface area contributed by atoms with Crippen LogP contribution in [0.3, 0.4) is 0 Å². The van der Waals surface area contributed by atoms with E-state index < -0.39 is 0 Å². The first-order valence-corrected chi connectivity index (χ1v) is 5.73. The molecule has 2 heterocycles. The minimum atomic E-state index is 0.240. The van der Waals surface area contributed by atoms with Crippen molar-refractivity contribution in [2.24, 2.45) is 0 Å². The maximum absolute atomic E-state index is 5.70. The first-order valence-electron chi connectivity index (χ1n) is 5.73. The van der Waals surface area contributed by atoms with E-state index in [0.29, 0.717) is 12.5 Å². The molecule has 4 heteroatoms. The second-order valence-electron chi connectivity index (χ2n) is 3.94. The molecule has 1 aliphatic heterocycles. The van der Waals surface area contributed by atoms with Crippen molar-refractivity contribution in [2.75, 3.05) is 20.3 Å². The van der Waals surface area contributed by atoms with E-state index in [1.165, 1.54) is 0 Å². The van der Waals surface area contributed by atoms with E-state index in [1.54, 1.807) is 6.20 Å². The zero-order valence-corrected chi connectivity index (χ0v) is 9.61. The lowest BCUT2D eigenvalue weighted by atomic mass is 10.2. The van der Waals surface area contributed by atoms with Gasteiger partial charge in [0.2, 0.25) is 5.88 Å². The number of aromatic nitrogens is 1. The molecular weight excluding hydrogens is 204 g/mol. The molecule has 16 heavy (non-hydrogen) atoms. The zero-order valence-electron chi connectivity index (χ0n) is 9.61. The molecule has 0 saturated carbocycles. The predicted octanol–water partition coefficient (Wildman–Crippen LogP) is 1.36. The van der Waals surface area contributed by atoms with Crippen molar-refractivity contribution in [2.45, 2.75) is 25.5 Å². The molecule has 1 fully saturated rings. The first-order chi connectivity index (χ1) is 7.90. The second kappa shape index (κ2) is 5.82. The monoisotopic (exact) mass is 222 g/mol. The van der Waals surface area contributed by atoms with Crippen LogP contribution in [0.2, 0.25) is 0 Å². The Morgan fingerprint density at radius 3 is 3.31 bits per heavy atom. The average molecular weight is 222 g/mol. The predicted molar refractivity (Wildman–Crippen MR) is 61.5 cm³/mol. The molecular formula is C12H18N2O2. The van der Waals surface area contributed by atoms with Gasteiger partial charge in [0.05, 0.1) is 6.10 Å². The largest absolute Gasteiger partial charge is 0.475 e. The zero-order chi connectivity index (χ0) is 11.2. The number of pyridine rings is 1. The molecule has 2 rings (SSSR count). The Morgan fingerprint density at radius 2 is 2.56 bits per heavy atom. The third-order valence-corrected chi connectivity index (χ3v) is 2.65. The van der Waals surface area contributed by atoms with Gasteiger partial charge in [0.25, 0.3) is 0 Å². The standard InChI is InChI=1S/C12H18N2O2/c1-13-8-10-4-2-6-14-12(10)16-9-11-5-3-7-15-11/h2,4,6,11,13H,3,5,7-9H2,1H3. The van der Waals surface area contributed by atoms with Gasteiger partial charge >= 0.3 is 0 Å². The van der Waals surface area contributed by atoms with Gasteiger partial charge in [0.1, 0.15) is 6.61 Å². The summed E-state index contributed by atoms with van der Waals surface area (Å²) in [7, 11) is 1.91. The van der Waals surface area contributed by atoms with E-state index in [9.17, 15) is 0 Å². The fourth-order valence-electron chi connectivity index (χ4n) is 1.83. The van der Waals surface area contributed by atoms with E-state index in [1.807, 2.05) is 19.2 Å². The molecule has 0 aliphatic carbocycles. The average Bonchev–Trinajstić information content (AvgIpc) is 2.81. The normalized spacial score (nSPS) is 19.9. The van der Waals surface area contributed by atoms with Crippen LogP contribution in [0.1, 0.15) is 18.4 Å². The van der Waals surface area contributed by atoms with Gasteiger partial charge in [-0.05, 0) is 26.0 Å². The van der Waals surface area contributed by atoms with E-state index in [0.717, 1.165) is 31.6 Å². The van der Waals surface area contributed by atoms with Crippen molar-refractivity contribution in [3.8, 4) is 5.88 Å². The van der Waals surface area contributed by atoms with Crippen molar-refractivity contribution < 1.29 is 9.47 Å². The lowest BCUT2D eigenvalue weighted by Crippen LogP contribution is -2.18. The lowest BCUT2D eigenvalue weighted by molar-refractivity contribution is 0.0659. The van der Waals surface area contributed by atoms with Gasteiger partial charge in [-0.2, -0.15) is 0 Å². The van der Waals surface area contributed by atoms with Gasteiger partial charge < -0.3 is 14.8 Å². The Hall–Kier alpha value is -1.13. The highest BCUT2D eigenvalue weighted by Crippen LogP contribution is 2.17. The highest BCUT2D eigenvalue weighted by Gasteiger charge is 2.16.